The van der Waals surface area contributed by atoms with Gasteiger partial charge in [-0.2, -0.15) is 12.7 Å². The first-order chi connectivity index (χ1) is 11.0. The van der Waals surface area contributed by atoms with Gasteiger partial charge in [0.15, 0.2) is 0 Å². The van der Waals surface area contributed by atoms with E-state index in [4.69, 9.17) is 4.74 Å². The molecule has 7 heteroatoms. The smallest absolute Gasteiger partial charge is 0.302 e. The van der Waals surface area contributed by atoms with Crippen LogP contribution in [0.3, 0.4) is 0 Å². The molecular formula is C16H19N3O3S. The average Bonchev–Trinajstić information content (AvgIpc) is 3.34. The van der Waals surface area contributed by atoms with Crippen LogP contribution in [0.25, 0.3) is 0 Å². The van der Waals surface area contributed by atoms with Crippen molar-refractivity contribution in [2.24, 2.45) is 5.92 Å². The Kier molecular flexibility index (Phi) is 4.49. The number of ether oxygens (including phenoxy) is 1. The Morgan fingerprint density at radius 1 is 1.17 bits per heavy atom. The second-order valence-corrected chi connectivity index (χ2v) is 7.40. The van der Waals surface area contributed by atoms with Gasteiger partial charge in [-0.15, -0.1) is 0 Å². The van der Waals surface area contributed by atoms with Gasteiger partial charge in [-0.3, -0.25) is 4.72 Å². The molecule has 23 heavy (non-hydrogen) atoms. The maximum Gasteiger partial charge on any atom is 0.302 e. The minimum atomic E-state index is -3.56. The Balaban J connectivity index is 1.62. The van der Waals surface area contributed by atoms with Gasteiger partial charge in [-0.1, -0.05) is 18.2 Å². The van der Waals surface area contributed by atoms with Crippen molar-refractivity contribution in [3.63, 3.8) is 0 Å². The third kappa shape index (κ3) is 4.43. The zero-order chi connectivity index (χ0) is 16.3. The fourth-order valence-corrected chi connectivity index (χ4v) is 3.05. The molecule has 1 aliphatic carbocycles. The summed E-state index contributed by atoms with van der Waals surface area (Å²) in [7, 11) is -1.98. The molecule has 0 unspecified atom stereocenters. The van der Waals surface area contributed by atoms with Crippen LogP contribution >= 0.6 is 0 Å². The maximum absolute atomic E-state index is 12.2. The molecule has 122 valence electrons. The molecule has 6 nitrogen and oxygen atoms in total. The van der Waals surface area contributed by atoms with Crippen LogP contribution < -0.4 is 9.46 Å². The first kappa shape index (κ1) is 15.8. The van der Waals surface area contributed by atoms with Gasteiger partial charge >= 0.3 is 10.2 Å². The highest BCUT2D eigenvalue weighted by Crippen LogP contribution is 2.30. The Labute approximate surface area is 136 Å². The molecule has 1 N–H and O–H groups in total. The molecule has 1 aliphatic rings. The molecule has 0 saturated heterocycles. The van der Waals surface area contributed by atoms with Crippen LogP contribution in [0.1, 0.15) is 12.8 Å². The zero-order valence-corrected chi connectivity index (χ0v) is 13.7. The standard InChI is InChI=1S/C16H19N3O3S/c1-19(12-13-7-8-13)23(20,21)18-16-10-9-15(11-17-16)22-14-5-3-2-4-6-14/h2-6,9-11,13H,7-8,12H2,1H3,(H,17,18). The summed E-state index contributed by atoms with van der Waals surface area (Å²) in [4.78, 5) is 4.10. The van der Waals surface area contributed by atoms with Gasteiger partial charge in [0.25, 0.3) is 0 Å². The molecule has 1 aromatic heterocycles. The number of anilines is 1. The SMILES string of the molecule is CN(CC1CC1)S(=O)(=O)Nc1ccc(Oc2ccccc2)cn1. The Bertz CT molecular complexity index is 744. The largest absolute Gasteiger partial charge is 0.456 e. The molecule has 1 saturated carbocycles. The normalized spacial score (nSPS) is 14.7. The lowest BCUT2D eigenvalue weighted by Crippen LogP contribution is -2.34. The summed E-state index contributed by atoms with van der Waals surface area (Å²) in [6.45, 7) is 0.546. The van der Waals surface area contributed by atoms with Gasteiger partial charge in [-0.05, 0) is 43.0 Å². The average molecular weight is 333 g/mol. The van der Waals surface area contributed by atoms with Crippen molar-refractivity contribution in [2.45, 2.75) is 12.8 Å². The van der Waals surface area contributed by atoms with Crippen LogP contribution in [-0.2, 0) is 10.2 Å². The van der Waals surface area contributed by atoms with Crippen molar-refractivity contribution < 1.29 is 13.2 Å². The summed E-state index contributed by atoms with van der Waals surface area (Å²) in [5.74, 6) is 2.01. The first-order valence-corrected chi connectivity index (χ1v) is 8.90. The first-order valence-electron chi connectivity index (χ1n) is 7.46. The van der Waals surface area contributed by atoms with Crippen LogP contribution in [0.5, 0.6) is 11.5 Å². The summed E-state index contributed by atoms with van der Waals surface area (Å²) >= 11 is 0. The number of nitrogens with zero attached hydrogens (tertiary/aromatic N) is 2. The second kappa shape index (κ2) is 6.55. The summed E-state index contributed by atoms with van der Waals surface area (Å²) in [5.41, 5.74) is 0. The fraction of sp³-hybridized carbons (Fsp3) is 0.312. The Morgan fingerprint density at radius 2 is 1.91 bits per heavy atom. The summed E-state index contributed by atoms with van der Waals surface area (Å²) in [6.07, 6.45) is 3.69. The van der Waals surface area contributed by atoms with Gasteiger partial charge < -0.3 is 4.74 Å². The lowest BCUT2D eigenvalue weighted by Gasteiger charge is -2.17. The van der Waals surface area contributed by atoms with E-state index in [1.165, 1.54) is 10.5 Å². The molecule has 0 aliphatic heterocycles. The van der Waals surface area contributed by atoms with E-state index >= 15 is 0 Å². The molecule has 0 bridgehead atoms. The summed E-state index contributed by atoms with van der Waals surface area (Å²) in [5, 5.41) is 0. The predicted octanol–water partition coefficient (Wildman–Crippen LogP) is 2.87. The molecule has 3 rings (SSSR count). The van der Waals surface area contributed by atoms with Gasteiger partial charge in [0.1, 0.15) is 17.3 Å². The van der Waals surface area contributed by atoms with E-state index < -0.39 is 10.2 Å². The number of hydrogen-bond donors (Lipinski definition) is 1. The number of aromatic nitrogens is 1. The molecular weight excluding hydrogens is 314 g/mol. The van der Waals surface area contributed by atoms with E-state index in [2.05, 4.69) is 9.71 Å². The maximum atomic E-state index is 12.2. The van der Waals surface area contributed by atoms with E-state index in [0.29, 0.717) is 24.0 Å². The number of rotatable bonds is 7. The van der Waals surface area contributed by atoms with Gasteiger partial charge in [-0.25, -0.2) is 4.98 Å². The summed E-state index contributed by atoms with van der Waals surface area (Å²) in [6, 6.07) is 12.6. The van der Waals surface area contributed by atoms with E-state index in [0.717, 1.165) is 12.8 Å². The van der Waals surface area contributed by atoms with Crippen molar-refractivity contribution in [3.05, 3.63) is 48.7 Å². The van der Waals surface area contributed by atoms with E-state index in [1.54, 1.807) is 19.2 Å². The highest BCUT2D eigenvalue weighted by Gasteiger charge is 2.28. The Hall–Kier alpha value is -2.12. The highest BCUT2D eigenvalue weighted by atomic mass is 32.2. The molecule has 1 heterocycles. The summed E-state index contributed by atoms with van der Waals surface area (Å²) < 4.78 is 33.8. The third-order valence-corrected chi connectivity index (χ3v) is 5.01. The quantitative estimate of drug-likeness (QED) is 0.846. The minimum Gasteiger partial charge on any atom is -0.456 e. The Morgan fingerprint density at radius 3 is 2.52 bits per heavy atom. The van der Waals surface area contributed by atoms with Crippen molar-refractivity contribution in [2.75, 3.05) is 18.3 Å². The molecule has 1 aromatic carbocycles. The van der Waals surface area contributed by atoms with Crippen molar-refractivity contribution in [1.82, 2.24) is 9.29 Å². The number of pyridine rings is 1. The van der Waals surface area contributed by atoms with Crippen molar-refractivity contribution >= 4 is 16.0 Å². The number of para-hydroxylation sites is 1. The second-order valence-electron chi connectivity index (χ2n) is 5.63. The van der Waals surface area contributed by atoms with E-state index in [9.17, 15) is 8.42 Å². The predicted molar refractivity (Wildman–Crippen MR) is 88.6 cm³/mol. The lowest BCUT2D eigenvalue weighted by molar-refractivity contribution is 0.457. The van der Waals surface area contributed by atoms with Crippen molar-refractivity contribution in [3.8, 4) is 11.5 Å². The van der Waals surface area contributed by atoms with Gasteiger partial charge in [0, 0.05) is 13.6 Å². The minimum absolute atomic E-state index is 0.271. The topological polar surface area (TPSA) is 71.5 Å². The van der Waals surface area contributed by atoms with E-state index in [1.807, 2.05) is 30.3 Å². The van der Waals surface area contributed by atoms with Crippen LogP contribution in [0, 0.1) is 5.92 Å². The van der Waals surface area contributed by atoms with Crippen molar-refractivity contribution in [1.29, 1.82) is 0 Å². The third-order valence-electron chi connectivity index (χ3n) is 3.57. The highest BCUT2D eigenvalue weighted by molar-refractivity contribution is 7.90. The molecule has 0 spiro atoms. The molecule has 0 radical (unpaired) electrons. The number of benzene rings is 1. The molecule has 0 amide bonds. The van der Waals surface area contributed by atoms with Crippen LogP contribution in [0.4, 0.5) is 5.82 Å². The lowest BCUT2D eigenvalue weighted by atomic mass is 10.3. The molecule has 0 atom stereocenters. The molecule has 2 aromatic rings. The van der Waals surface area contributed by atoms with Crippen LogP contribution in [-0.4, -0.2) is 31.3 Å². The number of hydrogen-bond acceptors (Lipinski definition) is 4. The number of nitrogens with one attached hydrogen (secondary N) is 1. The zero-order valence-electron chi connectivity index (χ0n) is 12.8. The fourth-order valence-electron chi connectivity index (χ4n) is 2.10. The molecule has 1 fully saturated rings. The van der Waals surface area contributed by atoms with Crippen LogP contribution in [0.2, 0.25) is 0 Å². The van der Waals surface area contributed by atoms with Gasteiger partial charge in [0.05, 0.1) is 6.20 Å². The monoisotopic (exact) mass is 333 g/mol. The van der Waals surface area contributed by atoms with E-state index in [-0.39, 0.29) is 5.82 Å². The van der Waals surface area contributed by atoms with Crippen LogP contribution in [0.15, 0.2) is 48.7 Å². The van der Waals surface area contributed by atoms with Gasteiger partial charge in [0.2, 0.25) is 0 Å².